The Labute approximate surface area is 185 Å². The molecule has 4 heterocycles. The van der Waals surface area contributed by atoms with Crippen LogP contribution in [-0.4, -0.2) is 51.1 Å². The molecule has 1 N–H and O–H groups in total. The van der Waals surface area contributed by atoms with Crippen molar-refractivity contribution in [3.63, 3.8) is 0 Å². The van der Waals surface area contributed by atoms with E-state index in [0.29, 0.717) is 38.3 Å². The molecule has 3 aromatic heterocycles. The van der Waals surface area contributed by atoms with Crippen LogP contribution >= 0.6 is 23.1 Å². The van der Waals surface area contributed by atoms with E-state index in [4.69, 9.17) is 0 Å². The number of nitrogens with zero attached hydrogens (tertiary/aromatic N) is 5. The number of fused-ring (bicyclic) bond motifs is 1. The van der Waals surface area contributed by atoms with Gasteiger partial charge in [0.15, 0.2) is 5.65 Å². The Balaban J connectivity index is 1.26. The molecule has 1 fully saturated rings. The van der Waals surface area contributed by atoms with Crippen LogP contribution in [-0.2, 0) is 16.7 Å². The van der Waals surface area contributed by atoms with Crippen molar-refractivity contribution >= 4 is 40.5 Å². The lowest BCUT2D eigenvalue weighted by Crippen LogP contribution is -2.41. The SMILES string of the molecule is O=C(NCCSCc1cccs1)C1CCN(c2ccc3nnc(C(F)(F)F)n3n2)CC1. The summed E-state index contributed by atoms with van der Waals surface area (Å²) in [5.41, 5.74) is 0.0438. The third-order valence-electron chi connectivity index (χ3n) is 5.06. The van der Waals surface area contributed by atoms with Gasteiger partial charge in [-0.25, -0.2) is 0 Å². The maximum atomic E-state index is 13.1. The number of carbonyl (C=O) groups excluding carboxylic acids is 1. The van der Waals surface area contributed by atoms with E-state index in [0.717, 1.165) is 16.0 Å². The van der Waals surface area contributed by atoms with Crippen LogP contribution in [0, 0.1) is 5.92 Å². The standard InChI is InChI=1S/C19H21F3N6OS2/c20-19(21,22)18-25-24-15-3-4-16(26-28(15)18)27-8-5-13(6-9-27)17(29)23-7-11-30-12-14-2-1-10-31-14/h1-4,10,13H,5-9,11-12H2,(H,23,29). The van der Waals surface area contributed by atoms with Crippen molar-refractivity contribution in [2.45, 2.75) is 24.8 Å². The van der Waals surface area contributed by atoms with Gasteiger partial charge in [-0.2, -0.15) is 29.4 Å². The van der Waals surface area contributed by atoms with Gasteiger partial charge in [-0.15, -0.1) is 26.6 Å². The Kier molecular flexibility index (Phi) is 6.65. The summed E-state index contributed by atoms with van der Waals surface area (Å²) in [5, 5.41) is 15.8. The van der Waals surface area contributed by atoms with Crippen molar-refractivity contribution < 1.29 is 18.0 Å². The summed E-state index contributed by atoms with van der Waals surface area (Å²) in [5.74, 6) is 1.02. The Morgan fingerprint density at radius 2 is 2.03 bits per heavy atom. The molecule has 1 aliphatic heterocycles. The molecule has 4 rings (SSSR count). The molecule has 12 heteroatoms. The molecular formula is C19H21F3N6OS2. The van der Waals surface area contributed by atoms with Gasteiger partial charge in [0, 0.05) is 41.9 Å². The van der Waals surface area contributed by atoms with Crippen LogP contribution < -0.4 is 10.2 Å². The maximum Gasteiger partial charge on any atom is 0.453 e. The fourth-order valence-electron chi connectivity index (χ4n) is 3.45. The summed E-state index contributed by atoms with van der Waals surface area (Å²) in [4.78, 5) is 15.6. The Morgan fingerprint density at radius 1 is 1.23 bits per heavy atom. The molecule has 0 bridgehead atoms. The zero-order valence-electron chi connectivity index (χ0n) is 16.5. The van der Waals surface area contributed by atoms with Crippen molar-refractivity contribution in [1.82, 2.24) is 25.1 Å². The number of alkyl halides is 3. The molecule has 1 aliphatic rings. The molecule has 0 unspecified atom stereocenters. The molecule has 0 atom stereocenters. The normalized spacial score (nSPS) is 15.5. The number of amides is 1. The second-order valence-corrected chi connectivity index (χ2v) is 9.30. The third kappa shape index (κ3) is 5.29. The van der Waals surface area contributed by atoms with Crippen LogP contribution in [0.1, 0.15) is 23.5 Å². The van der Waals surface area contributed by atoms with E-state index in [2.05, 4.69) is 32.1 Å². The van der Waals surface area contributed by atoms with Gasteiger partial charge in [0.05, 0.1) is 0 Å². The topological polar surface area (TPSA) is 75.4 Å². The minimum absolute atomic E-state index is 0.0398. The van der Waals surface area contributed by atoms with Gasteiger partial charge in [0.25, 0.3) is 5.82 Å². The first-order chi connectivity index (χ1) is 14.9. The molecule has 0 spiro atoms. The summed E-state index contributed by atoms with van der Waals surface area (Å²) in [6.07, 6.45) is -3.37. The van der Waals surface area contributed by atoms with Crippen LogP contribution in [0.3, 0.4) is 0 Å². The highest BCUT2D eigenvalue weighted by Crippen LogP contribution is 2.28. The van der Waals surface area contributed by atoms with Crippen molar-refractivity contribution in [3.05, 3.63) is 40.3 Å². The van der Waals surface area contributed by atoms with Gasteiger partial charge in [0.1, 0.15) is 5.82 Å². The number of rotatable bonds is 7. The molecule has 166 valence electrons. The monoisotopic (exact) mass is 470 g/mol. The zero-order valence-corrected chi connectivity index (χ0v) is 18.1. The van der Waals surface area contributed by atoms with Crippen LogP contribution in [0.4, 0.5) is 19.0 Å². The van der Waals surface area contributed by atoms with Crippen molar-refractivity contribution in [2.24, 2.45) is 5.92 Å². The second kappa shape index (κ2) is 9.43. The van der Waals surface area contributed by atoms with Crippen LogP contribution in [0.25, 0.3) is 5.65 Å². The number of thiophene rings is 1. The van der Waals surface area contributed by atoms with E-state index >= 15 is 0 Å². The number of nitrogens with one attached hydrogen (secondary N) is 1. The number of halogens is 3. The number of hydrogen-bond acceptors (Lipinski definition) is 7. The summed E-state index contributed by atoms with van der Waals surface area (Å²) < 4.78 is 39.9. The number of piperidine rings is 1. The van der Waals surface area contributed by atoms with E-state index in [9.17, 15) is 18.0 Å². The second-order valence-electron chi connectivity index (χ2n) is 7.17. The van der Waals surface area contributed by atoms with Crippen molar-refractivity contribution in [2.75, 3.05) is 30.3 Å². The van der Waals surface area contributed by atoms with Crippen LogP contribution in [0.5, 0.6) is 0 Å². The molecule has 1 amide bonds. The average molecular weight is 471 g/mol. The van der Waals surface area contributed by atoms with Crippen molar-refractivity contribution in [3.8, 4) is 0 Å². The van der Waals surface area contributed by atoms with Gasteiger partial charge in [-0.3, -0.25) is 4.79 Å². The lowest BCUT2D eigenvalue weighted by molar-refractivity contribution is -0.146. The summed E-state index contributed by atoms with van der Waals surface area (Å²) >= 11 is 3.52. The minimum Gasteiger partial charge on any atom is -0.355 e. The van der Waals surface area contributed by atoms with Crippen LogP contribution in [0.2, 0.25) is 0 Å². The number of hydrogen-bond donors (Lipinski definition) is 1. The first kappa shape index (κ1) is 21.9. The highest BCUT2D eigenvalue weighted by Gasteiger charge is 2.38. The zero-order chi connectivity index (χ0) is 21.8. The molecule has 1 saturated heterocycles. The van der Waals surface area contributed by atoms with E-state index in [1.165, 1.54) is 10.9 Å². The number of carbonyl (C=O) groups is 1. The molecule has 0 saturated carbocycles. The van der Waals surface area contributed by atoms with E-state index in [1.807, 2.05) is 11.0 Å². The first-order valence-electron chi connectivity index (χ1n) is 9.84. The Morgan fingerprint density at radius 3 is 2.74 bits per heavy atom. The predicted octanol–water partition coefficient (Wildman–Crippen LogP) is 3.47. The van der Waals surface area contributed by atoms with Gasteiger partial charge in [-0.05, 0) is 36.4 Å². The Hall–Kier alpha value is -2.34. The van der Waals surface area contributed by atoms with Gasteiger partial charge < -0.3 is 10.2 Å². The van der Waals surface area contributed by atoms with E-state index in [1.54, 1.807) is 29.2 Å². The largest absolute Gasteiger partial charge is 0.453 e. The van der Waals surface area contributed by atoms with E-state index in [-0.39, 0.29) is 17.5 Å². The van der Waals surface area contributed by atoms with Gasteiger partial charge in [0.2, 0.25) is 5.91 Å². The molecule has 0 aromatic carbocycles. The van der Waals surface area contributed by atoms with E-state index < -0.39 is 12.0 Å². The summed E-state index contributed by atoms with van der Waals surface area (Å²) in [6, 6.07) is 7.24. The average Bonchev–Trinajstić information content (AvgIpc) is 3.42. The van der Waals surface area contributed by atoms with Crippen LogP contribution in [0.15, 0.2) is 29.6 Å². The fraction of sp³-hybridized carbons (Fsp3) is 0.474. The fourth-order valence-corrected chi connectivity index (χ4v) is 5.15. The highest BCUT2D eigenvalue weighted by molar-refractivity contribution is 7.98. The predicted molar refractivity (Wildman–Crippen MR) is 114 cm³/mol. The first-order valence-corrected chi connectivity index (χ1v) is 11.9. The molecular weight excluding hydrogens is 449 g/mol. The van der Waals surface area contributed by atoms with Gasteiger partial charge >= 0.3 is 6.18 Å². The third-order valence-corrected chi connectivity index (χ3v) is 7.13. The molecule has 31 heavy (non-hydrogen) atoms. The molecule has 0 radical (unpaired) electrons. The minimum atomic E-state index is -4.63. The molecule has 3 aromatic rings. The summed E-state index contributed by atoms with van der Waals surface area (Å²) in [6.45, 7) is 1.72. The number of anilines is 1. The lowest BCUT2D eigenvalue weighted by Gasteiger charge is -2.32. The summed E-state index contributed by atoms with van der Waals surface area (Å²) in [7, 11) is 0. The molecule has 7 nitrogen and oxygen atoms in total. The maximum absolute atomic E-state index is 13.1. The number of thioether (sulfide) groups is 1. The molecule has 0 aliphatic carbocycles. The van der Waals surface area contributed by atoms with Gasteiger partial charge in [-0.1, -0.05) is 6.07 Å². The highest BCUT2D eigenvalue weighted by atomic mass is 32.2. The smallest absolute Gasteiger partial charge is 0.355 e. The van der Waals surface area contributed by atoms with Crippen molar-refractivity contribution in [1.29, 1.82) is 0 Å². The Bertz CT molecular complexity index is 1020. The number of aromatic nitrogens is 4. The quantitative estimate of drug-likeness (QED) is 0.533. The lowest BCUT2D eigenvalue weighted by atomic mass is 9.96.